The molecule has 3 rings (SSSR count). The van der Waals surface area contributed by atoms with Crippen LogP contribution >= 0.6 is 0 Å². The van der Waals surface area contributed by atoms with Gasteiger partial charge in [0.25, 0.3) is 0 Å². The highest BCUT2D eigenvalue weighted by atomic mass is 19.4. The maximum Gasteiger partial charge on any atom is 0.416 e. The van der Waals surface area contributed by atoms with Crippen molar-refractivity contribution in [2.24, 2.45) is 10.9 Å². The number of alkyl halides is 3. The molecule has 0 saturated carbocycles. The third-order valence-electron chi connectivity index (χ3n) is 3.78. The number of halogens is 3. The Hall–Kier alpha value is -2.89. The van der Waals surface area contributed by atoms with Crippen LogP contribution in [0.5, 0.6) is 0 Å². The first kappa shape index (κ1) is 16.0. The van der Waals surface area contributed by atoms with Crippen LogP contribution in [0.25, 0.3) is 10.9 Å². The monoisotopic (exact) mass is 329 g/mol. The molecule has 0 bridgehead atoms. The summed E-state index contributed by atoms with van der Waals surface area (Å²) in [4.78, 5) is 4.27. The van der Waals surface area contributed by atoms with Crippen LogP contribution in [0.2, 0.25) is 0 Å². The molecule has 0 amide bonds. The molecule has 0 fully saturated rings. The highest BCUT2D eigenvalue weighted by molar-refractivity contribution is 6.03. The van der Waals surface area contributed by atoms with Gasteiger partial charge in [-0.25, -0.2) is 0 Å². The molecule has 0 atom stereocenters. The summed E-state index contributed by atoms with van der Waals surface area (Å²) in [5.41, 5.74) is 1.74. The molecule has 3 nitrogen and oxygen atoms in total. The zero-order valence-corrected chi connectivity index (χ0v) is 12.6. The van der Waals surface area contributed by atoms with Gasteiger partial charge in [0.1, 0.15) is 0 Å². The SMILES string of the molecule is N/N=C(/Cc1ccnc2ccccc12)c1cccc(C(F)(F)F)c1. The summed E-state index contributed by atoms with van der Waals surface area (Å²) in [5, 5.41) is 4.64. The lowest BCUT2D eigenvalue weighted by molar-refractivity contribution is -0.137. The van der Waals surface area contributed by atoms with Crippen molar-refractivity contribution in [1.29, 1.82) is 0 Å². The number of fused-ring (bicyclic) bond motifs is 1. The van der Waals surface area contributed by atoms with Gasteiger partial charge in [0.05, 0.1) is 16.8 Å². The number of para-hydroxylation sites is 1. The van der Waals surface area contributed by atoms with Crippen LogP contribution in [0, 0.1) is 0 Å². The molecule has 24 heavy (non-hydrogen) atoms. The van der Waals surface area contributed by atoms with Gasteiger partial charge in [0, 0.05) is 18.0 Å². The molecule has 3 aromatic rings. The molecule has 0 aliphatic heterocycles. The number of nitrogens with zero attached hydrogens (tertiary/aromatic N) is 2. The van der Waals surface area contributed by atoms with Gasteiger partial charge in [-0.1, -0.05) is 30.3 Å². The quantitative estimate of drug-likeness (QED) is 0.446. The number of hydrogen-bond donors (Lipinski definition) is 1. The number of hydrazone groups is 1. The lowest BCUT2D eigenvalue weighted by Gasteiger charge is -2.11. The topological polar surface area (TPSA) is 51.3 Å². The van der Waals surface area contributed by atoms with Gasteiger partial charge in [0.2, 0.25) is 0 Å². The molecule has 122 valence electrons. The van der Waals surface area contributed by atoms with E-state index in [9.17, 15) is 13.2 Å². The van der Waals surface area contributed by atoms with Crippen molar-refractivity contribution in [1.82, 2.24) is 4.98 Å². The molecule has 6 heteroatoms. The van der Waals surface area contributed by atoms with E-state index in [0.717, 1.165) is 28.6 Å². The minimum Gasteiger partial charge on any atom is -0.323 e. The van der Waals surface area contributed by atoms with Crippen LogP contribution in [0.4, 0.5) is 13.2 Å². The Morgan fingerprint density at radius 1 is 1.04 bits per heavy atom. The van der Waals surface area contributed by atoms with Gasteiger partial charge in [-0.2, -0.15) is 18.3 Å². The van der Waals surface area contributed by atoms with Gasteiger partial charge >= 0.3 is 6.18 Å². The minimum atomic E-state index is -4.40. The van der Waals surface area contributed by atoms with Gasteiger partial charge in [-0.05, 0) is 35.4 Å². The Bertz CT molecular complexity index is 896. The molecule has 1 aromatic heterocycles. The summed E-state index contributed by atoms with van der Waals surface area (Å²) < 4.78 is 38.7. The van der Waals surface area contributed by atoms with E-state index in [2.05, 4.69) is 10.1 Å². The van der Waals surface area contributed by atoms with Crippen molar-refractivity contribution in [2.45, 2.75) is 12.6 Å². The number of hydrogen-bond acceptors (Lipinski definition) is 3. The average molecular weight is 329 g/mol. The molecule has 0 aliphatic carbocycles. The predicted octanol–water partition coefficient (Wildman–Crippen LogP) is 4.16. The van der Waals surface area contributed by atoms with Crippen molar-refractivity contribution in [3.8, 4) is 0 Å². The van der Waals surface area contributed by atoms with Crippen LogP contribution < -0.4 is 5.84 Å². The average Bonchev–Trinajstić information content (AvgIpc) is 2.59. The number of benzene rings is 2. The van der Waals surface area contributed by atoms with Gasteiger partial charge in [-0.3, -0.25) is 4.98 Å². The Morgan fingerprint density at radius 2 is 1.83 bits per heavy atom. The highest BCUT2D eigenvalue weighted by Gasteiger charge is 2.30. The fourth-order valence-electron chi connectivity index (χ4n) is 2.59. The van der Waals surface area contributed by atoms with Crippen molar-refractivity contribution in [2.75, 3.05) is 0 Å². The van der Waals surface area contributed by atoms with Crippen LogP contribution in [0.15, 0.2) is 65.9 Å². The number of aromatic nitrogens is 1. The third kappa shape index (κ3) is 3.22. The van der Waals surface area contributed by atoms with E-state index < -0.39 is 11.7 Å². The summed E-state index contributed by atoms with van der Waals surface area (Å²) in [7, 11) is 0. The second-order valence-electron chi connectivity index (χ2n) is 5.32. The van der Waals surface area contributed by atoms with Gasteiger partial charge in [-0.15, -0.1) is 0 Å². The summed E-state index contributed by atoms with van der Waals surface area (Å²) >= 11 is 0. The molecule has 2 N–H and O–H groups in total. The van der Waals surface area contributed by atoms with Crippen LogP contribution in [-0.4, -0.2) is 10.7 Å². The second-order valence-corrected chi connectivity index (χ2v) is 5.32. The number of nitrogens with two attached hydrogens (primary N) is 1. The zero-order valence-electron chi connectivity index (χ0n) is 12.6. The summed E-state index contributed by atoms with van der Waals surface area (Å²) in [5.74, 6) is 5.45. The van der Waals surface area contributed by atoms with E-state index in [1.54, 1.807) is 12.3 Å². The van der Waals surface area contributed by atoms with E-state index in [-0.39, 0.29) is 0 Å². The fraction of sp³-hybridized carbons (Fsp3) is 0.111. The number of pyridine rings is 1. The molecule has 0 radical (unpaired) electrons. The highest BCUT2D eigenvalue weighted by Crippen LogP contribution is 2.30. The Balaban J connectivity index is 1.99. The molecular weight excluding hydrogens is 315 g/mol. The second kappa shape index (κ2) is 6.31. The molecule has 0 aliphatic rings. The van der Waals surface area contributed by atoms with Gasteiger partial charge in [0.15, 0.2) is 0 Å². The largest absolute Gasteiger partial charge is 0.416 e. The zero-order chi connectivity index (χ0) is 17.2. The van der Waals surface area contributed by atoms with E-state index in [1.165, 1.54) is 6.07 Å². The minimum absolute atomic E-state index is 0.320. The van der Waals surface area contributed by atoms with E-state index in [0.29, 0.717) is 17.7 Å². The molecule has 0 saturated heterocycles. The summed E-state index contributed by atoms with van der Waals surface area (Å²) in [6.45, 7) is 0. The maximum atomic E-state index is 12.9. The molecule has 0 spiro atoms. The summed E-state index contributed by atoms with van der Waals surface area (Å²) in [6.07, 6.45) is -2.42. The lowest BCUT2D eigenvalue weighted by atomic mass is 9.98. The fourth-order valence-corrected chi connectivity index (χ4v) is 2.59. The summed E-state index contributed by atoms with van der Waals surface area (Å²) in [6, 6.07) is 14.4. The number of rotatable bonds is 3. The third-order valence-corrected chi connectivity index (χ3v) is 3.78. The van der Waals surface area contributed by atoms with E-state index in [1.807, 2.05) is 30.3 Å². The van der Waals surface area contributed by atoms with Crippen LogP contribution in [0.3, 0.4) is 0 Å². The van der Waals surface area contributed by atoms with Crippen molar-refractivity contribution >= 4 is 16.6 Å². The van der Waals surface area contributed by atoms with E-state index >= 15 is 0 Å². The van der Waals surface area contributed by atoms with Crippen molar-refractivity contribution in [3.05, 3.63) is 77.5 Å². The first-order chi connectivity index (χ1) is 11.5. The van der Waals surface area contributed by atoms with Crippen LogP contribution in [0.1, 0.15) is 16.7 Å². The normalized spacial score (nSPS) is 12.5. The predicted molar refractivity (Wildman–Crippen MR) is 87.6 cm³/mol. The Kier molecular flexibility index (Phi) is 4.20. The van der Waals surface area contributed by atoms with E-state index in [4.69, 9.17) is 5.84 Å². The molecule has 1 heterocycles. The Morgan fingerprint density at radius 3 is 2.58 bits per heavy atom. The van der Waals surface area contributed by atoms with Gasteiger partial charge < -0.3 is 5.84 Å². The first-order valence-electron chi connectivity index (χ1n) is 7.26. The molecular formula is C18H14F3N3. The first-order valence-corrected chi connectivity index (χ1v) is 7.26. The maximum absolute atomic E-state index is 12.9. The lowest BCUT2D eigenvalue weighted by Crippen LogP contribution is -2.11. The van der Waals surface area contributed by atoms with Crippen molar-refractivity contribution < 1.29 is 13.2 Å². The Labute approximate surface area is 136 Å². The van der Waals surface area contributed by atoms with Crippen molar-refractivity contribution in [3.63, 3.8) is 0 Å². The molecule has 2 aromatic carbocycles. The van der Waals surface area contributed by atoms with Crippen LogP contribution in [-0.2, 0) is 12.6 Å². The standard InChI is InChI=1S/C18H14F3N3/c19-18(20,21)14-5-3-4-13(10-14)17(24-22)11-12-8-9-23-16-7-2-1-6-15(12)16/h1-10H,11,22H2/b24-17-. The smallest absolute Gasteiger partial charge is 0.323 e. The molecule has 0 unspecified atom stereocenters.